The van der Waals surface area contributed by atoms with Crippen molar-refractivity contribution >= 4 is 51.6 Å². The van der Waals surface area contributed by atoms with E-state index in [0.717, 1.165) is 30.2 Å². The Morgan fingerprint density at radius 1 is 1.35 bits per heavy atom. The molecule has 1 aromatic carbocycles. The molecule has 2 aliphatic rings. The molecule has 2 aliphatic heterocycles. The van der Waals surface area contributed by atoms with Crippen LogP contribution in [0.15, 0.2) is 18.2 Å². The molecule has 0 aromatic heterocycles. The van der Waals surface area contributed by atoms with Crippen molar-refractivity contribution in [3.8, 4) is 0 Å². The summed E-state index contributed by atoms with van der Waals surface area (Å²) in [6.45, 7) is 0.865. The number of benzene rings is 1. The molecular weight excluding hydrogens is 405 g/mol. The van der Waals surface area contributed by atoms with Gasteiger partial charge >= 0.3 is 0 Å². The summed E-state index contributed by atoms with van der Waals surface area (Å²) in [7, 11) is 0. The summed E-state index contributed by atoms with van der Waals surface area (Å²) in [4.78, 5) is 0. The van der Waals surface area contributed by atoms with Crippen molar-refractivity contribution in [2.45, 2.75) is 37.3 Å². The number of halogens is 2. The van der Waals surface area contributed by atoms with Gasteiger partial charge in [-0.15, -0.1) is 0 Å². The molecule has 2 heterocycles. The molecule has 0 radical (unpaired) electrons. The van der Waals surface area contributed by atoms with Gasteiger partial charge in [-0.25, -0.2) is 0 Å². The zero-order chi connectivity index (χ0) is 14.0. The summed E-state index contributed by atoms with van der Waals surface area (Å²) >= 11 is 10.7. The lowest BCUT2D eigenvalue weighted by molar-refractivity contribution is -0.0865. The van der Waals surface area contributed by atoms with Crippen molar-refractivity contribution in [3.05, 3.63) is 26.8 Å². The van der Waals surface area contributed by atoms with Crippen LogP contribution in [0.4, 0.5) is 5.69 Å². The topological polar surface area (TPSA) is 21.3 Å². The molecule has 1 N–H and O–H groups in total. The molecule has 0 saturated carbocycles. The third-order valence-electron chi connectivity index (χ3n) is 4.19. The lowest BCUT2D eigenvalue weighted by Crippen LogP contribution is -2.46. The van der Waals surface area contributed by atoms with Crippen LogP contribution >= 0.6 is 46.0 Å². The zero-order valence-electron chi connectivity index (χ0n) is 11.3. The fourth-order valence-corrected chi connectivity index (χ4v) is 5.22. The zero-order valence-corrected chi connectivity index (χ0v) is 15.1. The van der Waals surface area contributed by atoms with E-state index in [0.29, 0.717) is 6.04 Å². The predicted octanol–water partition coefficient (Wildman–Crippen LogP) is 4.80. The minimum absolute atomic E-state index is 0.122. The SMILES string of the molecule is Clc1cc(I)ccc1NC1CCOC2(CCSCC2)C1. The summed E-state index contributed by atoms with van der Waals surface area (Å²) in [6, 6.07) is 6.67. The molecule has 1 atom stereocenters. The molecular formula is C15H19ClINOS. The first kappa shape index (κ1) is 15.3. The Morgan fingerprint density at radius 3 is 2.90 bits per heavy atom. The highest BCUT2D eigenvalue weighted by atomic mass is 127. The Hall–Kier alpha value is 0.350. The first-order valence-corrected chi connectivity index (χ1v) is 9.71. The van der Waals surface area contributed by atoms with Gasteiger partial charge in [-0.2, -0.15) is 11.8 Å². The average molecular weight is 424 g/mol. The van der Waals surface area contributed by atoms with Crippen molar-refractivity contribution in [1.29, 1.82) is 0 Å². The molecule has 1 spiro atoms. The van der Waals surface area contributed by atoms with Crippen LogP contribution in [-0.2, 0) is 4.74 Å². The van der Waals surface area contributed by atoms with Gasteiger partial charge in [-0.3, -0.25) is 0 Å². The number of hydrogen-bond acceptors (Lipinski definition) is 3. The molecule has 2 nitrogen and oxygen atoms in total. The molecule has 0 bridgehead atoms. The maximum absolute atomic E-state index is 6.32. The van der Waals surface area contributed by atoms with Crippen LogP contribution in [0.25, 0.3) is 0 Å². The largest absolute Gasteiger partial charge is 0.381 e. The highest BCUT2D eigenvalue weighted by molar-refractivity contribution is 14.1. The maximum atomic E-state index is 6.32. The van der Waals surface area contributed by atoms with Crippen LogP contribution in [-0.4, -0.2) is 29.8 Å². The average Bonchev–Trinajstić information content (AvgIpc) is 2.43. The number of hydrogen-bond donors (Lipinski definition) is 1. The fourth-order valence-electron chi connectivity index (χ4n) is 3.07. The van der Waals surface area contributed by atoms with Gasteiger partial charge in [0, 0.05) is 16.2 Å². The maximum Gasteiger partial charge on any atom is 0.0717 e. The van der Waals surface area contributed by atoms with Crippen LogP contribution in [0, 0.1) is 3.57 Å². The van der Waals surface area contributed by atoms with Gasteiger partial charge in [0.05, 0.1) is 16.3 Å². The van der Waals surface area contributed by atoms with Crippen molar-refractivity contribution in [2.24, 2.45) is 0 Å². The molecule has 2 fully saturated rings. The standard InChI is InChI=1S/C15H19ClINOS/c16-13-9-11(17)1-2-14(13)18-12-3-6-19-15(10-12)4-7-20-8-5-15/h1-2,9,12,18H,3-8,10H2. The third kappa shape index (κ3) is 3.57. The number of anilines is 1. The summed E-state index contributed by atoms with van der Waals surface area (Å²) in [6.07, 6.45) is 4.56. The van der Waals surface area contributed by atoms with E-state index < -0.39 is 0 Å². The minimum Gasteiger partial charge on any atom is -0.381 e. The number of nitrogens with one attached hydrogen (secondary N) is 1. The Morgan fingerprint density at radius 2 is 2.15 bits per heavy atom. The van der Waals surface area contributed by atoms with E-state index in [2.05, 4.69) is 40.0 Å². The lowest BCUT2D eigenvalue weighted by Gasteiger charge is -2.43. The fraction of sp³-hybridized carbons (Fsp3) is 0.600. The van der Waals surface area contributed by atoms with Gasteiger partial charge in [0.25, 0.3) is 0 Å². The highest BCUT2D eigenvalue weighted by Crippen LogP contribution is 2.38. The Bertz CT molecular complexity index is 473. The smallest absolute Gasteiger partial charge is 0.0717 e. The van der Waals surface area contributed by atoms with E-state index >= 15 is 0 Å². The normalized spacial score (nSPS) is 25.6. The number of rotatable bonds is 2. The highest BCUT2D eigenvalue weighted by Gasteiger charge is 2.38. The van der Waals surface area contributed by atoms with Gasteiger partial charge < -0.3 is 10.1 Å². The predicted molar refractivity (Wildman–Crippen MR) is 96.1 cm³/mol. The first-order valence-electron chi connectivity index (χ1n) is 7.10. The Kier molecular flexibility index (Phi) is 5.06. The van der Waals surface area contributed by atoms with E-state index in [1.807, 2.05) is 17.8 Å². The van der Waals surface area contributed by atoms with E-state index in [9.17, 15) is 0 Å². The third-order valence-corrected chi connectivity index (χ3v) is 6.16. The summed E-state index contributed by atoms with van der Waals surface area (Å²) in [5, 5.41) is 4.44. The monoisotopic (exact) mass is 423 g/mol. The van der Waals surface area contributed by atoms with Gasteiger partial charge in [-0.1, -0.05) is 11.6 Å². The molecule has 110 valence electrons. The second kappa shape index (κ2) is 6.63. The number of ether oxygens (including phenoxy) is 1. The van der Waals surface area contributed by atoms with Crippen LogP contribution in [0.2, 0.25) is 5.02 Å². The van der Waals surface area contributed by atoms with Crippen LogP contribution < -0.4 is 5.32 Å². The number of thioether (sulfide) groups is 1. The van der Waals surface area contributed by atoms with Gasteiger partial charge in [-0.05, 0) is 78.0 Å². The van der Waals surface area contributed by atoms with Crippen molar-refractivity contribution in [3.63, 3.8) is 0 Å². The van der Waals surface area contributed by atoms with E-state index in [4.69, 9.17) is 16.3 Å². The molecule has 1 unspecified atom stereocenters. The minimum atomic E-state index is 0.122. The van der Waals surface area contributed by atoms with Gasteiger partial charge in [0.2, 0.25) is 0 Å². The molecule has 20 heavy (non-hydrogen) atoms. The van der Waals surface area contributed by atoms with Gasteiger partial charge in [0.1, 0.15) is 0 Å². The molecule has 0 amide bonds. The summed E-state index contributed by atoms with van der Waals surface area (Å²) in [5.41, 5.74) is 1.18. The van der Waals surface area contributed by atoms with Crippen molar-refractivity contribution < 1.29 is 4.74 Å². The van der Waals surface area contributed by atoms with Crippen molar-refractivity contribution in [1.82, 2.24) is 0 Å². The quantitative estimate of drug-likeness (QED) is 0.690. The lowest BCUT2D eigenvalue weighted by atomic mass is 9.85. The van der Waals surface area contributed by atoms with E-state index in [1.165, 1.54) is 27.9 Å². The molecule has 2 saturated heterocycles. The summed E-state index contributed by atoms with van der Waals surface area (Å²) in [5.74, 6) is 2.47. The van der Waals surface area contributed by atoms with Crippen LogP contribution in [0.5, 0.6) is 0 Å². The first-order chi connectivity index (χ1) is 9.67. The van der Waals surface area contributed by atoms with E-state index in [1.54, 1.807) is 0 Å². The molecule has 0 aliphatic carbocycles. The van der Waals surface area contributed by atoms with Crippen LogP contribution in [0.1, 0.15) is 25.7 Å². The molecule has 5 heteroatoms. The second-order valence-electron chi connectivity index (χ2n) is 5.60. The molecule has 1 aromatic rings. The molecule has 3 rings (SSSR count). The van der Waals surface area contributed by atoms with Gasteiger partial charge in [0.15, 0.2) is 0 Å². The second-order valence-corrected chi connectivity index (χ2v) is 8.48. The Balaban J connectivity index is 1.68. The van der Waals surface area contributed by atoms with E-state index in [-0.39, 0.29) is 5.60 Å². The van der Waals surface area contributed by atoms with Crippen molar-refractivity contribution in [2.75, 3.05) is 23.4 Å². The van der Waals surface area contributed by atoms with Crippen LogP contribution in [0.3, 0.4) is 0 Å². The summed E-state index contributed by atoms with van der Waals surface area (Å²) < 4.78 is 7.31. The Labute approximate surface area is 143 Å².